The highest BCUT2D eigenvalue weighted by atomic mass is 19.3. The van der Waals surface area contributed by atoms with Crippen LogP contribution in [-0.4, -0.2) is 19.5 Å². The minimum Gasteiger partial charge on any atom is -0.314 e. The molecule has 0 atom stereocenters. The molecule has 0 aliphatic carbocycles. The summed E-state index contributed by atoms with van der Waals surface area (Å²) in [6.45, 7) is -0.276. The van der Waals surface area contributed by atoms with Crippen molar-refractivity contribution >= 4 is 0 Å². The van der Waals surface area contributed by atoms with Gasteiger partial charge in [-0.3, -0.25) is 0 Å². The van der Waals surface area contributed by atoms with Crippen molar-refractivity contribution in [1.82, 2.24) is 5.32 Å². The second-order valence-corrected chi connectivity index (χ2v) is 3.05. The molecule has 0 amide bonds. The first-order chi connectivity index (χ1) is 6.14. The third-order valence-corrected chi connectivity index (χ3v) is 1.74. The van der Waals surface area contributed by atoms with Crippen molar-refractivity contribution in [3.63, 3.8) is 0 Å². The zero-order valence-electron chi connectivity index (χ0n) is 7.56. The van der Waals surface area contributed by atoms with Gasteiger partial charge in [-0.25, -0.2) is 8.78 Å². The zero-order valence-corrected chi connectivity index (χ0v) is 7.56. The molecule has 0 aliphatic rings. The Bertz CT molecular complexity index is 246. The predicted octanol–water partition coefficient (Wildman–Crippen LogP) is 2.08. The summed E-state index contributed by atoms with van der Waals surface area (Å²) < 4.78 is 26.1. The van der Waals surface area contributed by atoms with E-state index in [1.54, 1.807) is 24.3 Å². The van der Waals surface area contributed by atoms with Crippen LogP contribution >= 0.6 is 0 Å². The molecule has 0 aliphatic heterocycles. The average Bonchev–Trinajstić information content (AvgIpc) is 2.04. The topological polar surface area (TPSA) is 12.0 Å². The Hall–Kier alpha value is -0.960. The van der Waals surface area contributed by atoms with Crippen LogP contribution in [0.3, 0.4) is 0 Å². The lowest BCUT2D eigenvalue weighted by molar-refractivity contribution is 0.00451. The van der Waals surface area contributed by atoms with Gasteiger partial charge in [0, 0.05) is 6.42 Å². The quantitative estimate of drug-likeness (QED) is 0.757. The van der Waals surface area contributed by atoms with E-state index >= 15 is 0 Å². The number of benzene rings is 1. The van der Waals surface area contributed by atoms with E-state index < -0.39 is 5.92 Å². The SMILES string of the molecule is CNCC(F)(F)Cc1ccccc1. The van der Waals surface area contributed by atoms with Crippen molar-refractivity contribution in [3.05, 3.63) is 35.9 Å². The van der Waals surface area contributed by atoms with E-state index in [4.69, 9.17) is 0 Å². The third-order valence-electron chi connectivity index (χ3n) is 1.74. The lowest BCUT2D eigenvalue weighted by Crippen LogP contribution is -2.32. The molecule has 13 heavy (non-hydrogen) atoms. The Morgan fingerprint density at radius 2 is 1.85 bits per heavy atom. The molecular formula is C10H13F2N. The summed E-state index contributed by atoms with van der Waals surface area (Å²) in [5, 5.41) is 2.48. The van der Waals surface area contributed by atoms with Crippen LogP contribution in [-0.2, 0) is 6.42 Å². The highest BCUT2D eigenvalue weighted by Crippen LogP contribution is 2.18. The fraction of sp³-hybridized carbons (Fsp3) is 0.400. The molecule has 0 aromatic heterocycles. The molecule has 1 nitrogen and oxygen atoms in total. The molecular weight excluding hydrogens is 172 g/mol. The largest absolute Gasteiger partial charge is 0.314 e. The first kappa shape index (κ1) is 10.1. The Kier molecular flexibility index (Phi) is 3.37. The number of hydrogen-bond donors (Lipinski definition) is 1. The van der Waals surface area contributed by atoms with E-state index in [1.807, 2.05) is 6.07 Å². The van der Waals surface area contributed by atoms with Crippen molar-refractivity contribution < 1.29 is 8.78 Å². The molecule has 3 heteroatoms. The van der Waals surface area contributed by atoms with Crippen LogP contribution in [0.1, 0.15) is 5.56 Å². The Morgan fingerprint density at radius 1 is 1.23 bits per heavy atom. The van der Waals surface area contributed by atoms with Crippen molar-refractivity contribution in [3.8, 4) is 0 Å². The number of halogens is 2. The molecule has 0 fully saturated rings. The molecule has 0 saturated heterocycles. The first-order valence-corrected chi connectivity index (χ1v) is 4.20. The van der Waals surface area contributed by atoms with Gasteiger partial charge >= 0.3 is 0 Å². The summed E-state index contributed by atoms with van der Waals surface area (Å²) in [5.41, 5.74) is 0.669. The number of nitrogens with one attached hydrogen (secondary N) is 1. The Balaban J connectivity index is 2.58. The van der Waals surface area contributed by atoms with Gasteiger partial charge in [0.25, 0.3) is 5.92 Å². The summed E-state index contributed by atoms with van der Waals surface area (Å²) in [6, 6.07) is 8.78. The van der Waals surface area contributed by atoms with Crippen LogP contribution in [0, 0.1) is 0 Å². The highest BCUT2D eigenvalue weighted by Gasteiger charge is 2.27. The molecule has 0 bridgehead atoms. The summed E-state index contributed by atoms with van der Waals surface area (Å²) in [7, 11) is 1.53. The van der Waals surface area contributed by atoms with Crippen LogP contribution < -0.4 is 5.32 Å². The standard InChI is InChI=1S/C10H13F2N/c1-13-8-10(11,12)7-9-5-3-2-4-6-9/h2-6,13H,7-8H2,1H3. The molecule has 72 valence electrons. The second kappa shape index (κ2) is 4.33. The van der Waals surface area contributed by atoms with Crippen molar-refractivity contribution in [1.29, 1.82) is 0 Å². The molecule has 0 heterocycles. The van der Waals surface area contributed by atoms with Gasteiger partial charge in [0.2, 0.25) is 0 Å². The molecule has 0 spiro atoms. The molecule has 1 aromatic rings. The van der Waals surface area contributed by atoms with E-state index in [-0.39, 0.29) is 13.0 Å². The number of hydrogen-bond acceptors (Lipinski definition) is 1. The van der Waals surface area contributed by atoms with E-state index in [1.165, 1.54) is 7.05 Å². The van der Waals surface area contributed by atoms with Gasteiger partial charge in [0.05, 0.1) is 6.54 Å². The molecule has 1 aromatic carbocycles. The maximum absolute atomic E-state index is 13.0. The minimum atomic E-state index is -2.66. The Labute approximate surface area is 76.8 Å². The van der Waals surface area contributed by atoms with Crippen LogP contribution in [0.25, 0.3) is 0 Å². The average molecular weight is 185 g/mol. The van der Waals surface area contributed by atoms with Gasteiger partial charge in [0.1, 0.15) is 0 Å². The lowest BCUT2D eigenvalue weighted by Gasteiger charge is -2.15. The molecule has 0 radical (unpaired) electrons. The van der Waals surface area contributed by atoms with Gasteiger partial charge in [-0.1, -0.05) is 30.3 Å². The van der Waals surface area contributed by atoms with Crippen LogP contribution in [0.15, 0.2) is 30.3 Å². The molecule has 1 N–H and O–H groups in total. The van der Waals surface area contributed by atoms with Gasteiger partial charge in [-0.15, -0.1) is 0 Å². The first-order valence-electron chi connectivity index (χ1n) is 4.20. The maximum Gasteiger partial charge on any atom is 0.264 e. The monoisotopic (exact) mass is 185 g/mol. The molecule has 1 rings (SSSR count). The van der Waals surface area contributed by atoms with Crippen molar-refractivity contribution in [2.75, 3.05) is 13.6 Å². The van der Waals surface area contributed by atoms with Crippen LogP contribution in [0.5, 0.6) is 0 Å². The summed E-state index contributed by atoms with van der Waals surface area (Å²) in [5.74, 6) is -2.66. The summed E-state index contributed by atoms with van der Waals surface area (Å²) >= 11 is 0. The van der Waals surface area contributed by atoms with Gasteiger partial charge in [-0.2, -0.15) is 0 Å². The molecule has 0 unspecified atom stereocenters. The van der Waals surface area contributed by atoms with E-state index in [0.29, 0.717) is 5.56 Å². The third kappa shape index (κ3) is 3.51. The molecule has 0 saturated carbocycles. The van der Waals surface area contributed by atoms with Gasteiger partial charge in [0.15, 0.2) is 0 Å². The fourth-order valence-corrected chi connectivity index (χ4v) is 1.22. The fourth-order valence-electron chi connectivity index (χ4n) is 1.22. The van der Waals surface area contributed by atoms with Crippen LogP contribution in [0.2, 0.25) is 0 Å². The van der Waals surface area contributed by atoms with E-state index in [0.717, 1.165) is 0 Å². The normalized spacial score (nSPS) is 11.6. The summed E-state index contributed by atoms with van der Waals surface area (Å²) in [4.78, 5) is 0. The predicted molar refractivity (Wildman–Crippen MR) is 49.0 cm³/mol. The van der Waals surface area contributed by atoms with Gasteiger partial charge < -0.3 is 5.32 Å². The lowest BCUT2D eigenvalue weighted by atomic mass is 10.1. The summed E-state index contributed by atoms with van der Waals surface area (Å²) in [6.07, 6.45) is -0.200. The van der Waals surface area contributed by atoms with Gasteiger partial charge in [-0.05, 0) is 12.6 Å². The van der Waals surface area contributed by atoms with Crippen LogP contribution in [0.4, 0.5) is 8.78 Å². The number of rotatable bonds is 4. The van der Waals surface area contributed by atoms with Crippen molar-refractivity contribution in [2.45, 2.75) is 12.3 Å². The number of alkyl halides is 2. The Morgan fingerprint density at radius 3 is 2.38 bits per heavy atom. The highest BCUT2D eigenvalue weighted by molar-refractivity contribution is 5.16. The maximum atomic E-state index is 13.0. The zero-order chi connectivity index (χ0) is 9.73. The van der Waals surface area contributed by atoms with Crippen molar-refractivity contribution in [2.24, 2.45) is 0 Å². The van der Waals surface area contributed by atoms with E-state index in [9.17, 15) is 8.78 Å². The smallest absolute Gasteiger partial charge is 0.264 e. The van der Waals surface area contributed by atoms with E-state index in [2.05, 4.69) is 5.32 Å². The second-order valence-electron chi connectivity index (χ2n) is 3.05. The minimum absolute atomic E-state index is 0.200.